The van der Waals surface area contributed by atoms with Gasteiger partial charge in [-0.1, -0.05) is 0 Å². The van der Waals surface area contributed by atoms with Crippen LogP contribution in [-0.2, 0) is 0 Å². The van der Waals surface area contributed by atoms with E-state index < -0.39 is 0 Å². The van der Waals surface area contributed by atoms with Crippen LogP contribution in [-0.4, -0.2) is 31.1 Å². The van der Waals surface area contributed by atoms with Crippen molar-refractivity contribution in [3.8, 4) is 0 Å². The summed E-state index contributed by atoms with van der Waals surface area (Å²) < 4.78 is 0.462. The van der Waals surface area contributed by atoms with E-state index >= 15 is 0 Å². The first-order valence-corrected chi connectivity index (χ1v) is 2.77. The highest BCUT2D eigenvalue weighted by Gasteiger charge is 2.03. The van der Waals surface area contributed by atoms with Gasteiger partial charge in [0.05, 0.1) is 20.0 Å². The SMILES string of the molecule is C[N+](C)(N)CCCl.[Cl-]. The third-order valence-electron chi connectivity index (χ3n) is 0.661. The normalized spacial score (nSPS) is 10.5. The second kappa shape index (κ2) is 4.39. The van der Waals surface area contributed by atoms with Crippen molar-refractivity contribution < 1.29 is 17.0 Å². The maximum atomic E-state index is 5.50. The monoisotopic (exact) mass is 158 g/mol. The van der Waals surface area contributed by atoms with E-state index in [-0.39, 0.29) is 12.4 Å². The zero-order valence-corrected chi connectivity index (χ0v) is 6.71. The lowest BCUT2D eigenvalue weighted by molar-refractivity contribution is -0.899. The lowest BCUT2D eigenvalue weighted by Gasteiger charge is -2.20. The zero-order valence-electron chi connectivity index (χ0n) is 5.19. The van der Waals surface area contributed by atoms with E-state index in [4.69, 9.17) is 17.4 Å². The molecule has 0 amide bonds. The van der Waals surface area contributed by atoms with Gasteiger partial charge in [-0.2, -0.15) is 5.84 Å². The molecule has 0 aliphatic rings. The number of hydrogen-bond acceptors (Lipinski definition) is 1. The fourth-order valence-corrected chi connectivity index (χ4v) is 0.653. The van der Waals surface area contributed by atoms with Crippen molar-refractivity contribution in [2.24, 2.45) is 5.84 Å². The number of nitrogens with two attached hydrogens (primary N) is 1. The second-order valence-electron chi connectivity index (χ2n) is 2.19. The third kappa shape index (κ3) is 9.71. The molecule has 0 heterocycles. The average molecular weight is 159 g/mol. The van der Waals surface area contributed by atoms with Gasteiger partial charge in [0.1, 0.15) is 6.54 Å². The molecule has 0 fully saturated rings. The van der Waals surface area contributed by atoms with Crippen molar-refractivity contribution in [1.82, 2.24) is 0 Å². The molecule has 4 heteroatoms. The predicted molar refractivity (Wildman–Crippen MR) is 31.9 cm³/mol. The van der Waals surface area contributed by atoms with Gasteiger partial charge in [-0.05, 0) is 0 Å². The quantitative estimate of drug-likeness (QED) is 0.200. The van der Waals surface area contributed by atoms with E-state index in [9.17, 15) is 0 Å². The minimum atomic E-state index is 0. The molecule has 0 radical (unpaired) electrons. The van der Waals surface area contributed by atoms with E-state index in [0.717, 1.165) is 6.54 Å². The van der Waals surface area contributed by atoms with Gasteiger partial charge >= 0.3 is 0 Å². The second-order valence-corrected chi connectivity index (χ2v) is 2.57. The van der Waals surface area contributed by atoms with E-state index in [2.05, 4.69) is 0 Å². The summed E-state index contributed by atoms with van der Waals surface area (Å²) in [7, 11) is 3.81. The molecule has 0 aromatic heterocycles. The number of hydrogen-bond donors (Lipinski definition) is 1. The lowest BCUT2D eigenvalue weighted by atomic mass is 10.6. The third-order valence-corrected chi connectivity index (χ3v) is 0.830. The first-order valence-electron chi connectivity index (χ1n) is 2.24. The Hall–Kier alpha value is 0.500. The Balaban J connectivity index is 0. The first kappa shape index (κ1) is 11.3. The molecule has 0 spiro atoms. The van der Waals surface area contributed by atoms with Gasteiger partial charge in [-0.3, -0.25) is 4.59 Å². The number of halogens is 2. The molecule has 0 unspecified atom stereocenters. The molecule has 0 saturated carbocycles. The Kier molecular flexibility index (Phi) is 6.20. The molecule has 0 aliphatic heterocycles. The van der Waals surface area contributed by atoms with Crippen LogP contribution in [0.2, 0.25) is 0 Å². The number of alkyl halides is 1. The van der Waals surface area contributed by atoms with Crippen LogP contribution < -0.4 is 18.2 Å². The topological polar surface area (TPSA) is 26.0 Å². The smallest absolute Gasteiger partial charge is 0.109 e. The summed E-state index contributed by atoms with van der Waals surface area (Å²) in [5, 5.41) is 0. The Labute approximate surface area is 61.6 Å². The molecule has 0 aromatic rings. The summed E-state index contributed by atoms with van der Waals surface area (Å²) in [5.41, 5.74) is 0. The Morgan fingerprint density at radius 2 is 1.88 bits per heavy atom. The minimum absolute atomic E-state index is 0. The van der Waals surface area contributed by atoms with Crippen LogP contribution in [0.1, 0.15) is 0 Å². The van der Waals surface area contributed by atoms with Crippen molar-refractivity contribution >= 4 is 11.6 Å². The molecular weight excluding hydrogens is 147 g/mol. The van der Waals surface area contributed by atoms with E-state index in [1.807, 2.05) is 14.1 Å². The molecule has 0 aromatic carbocycles. The fourth-order valence-electron chi connectivity index (χ4n) is 0.218. The summed E-state index contributed by atoms with van der Waals surface area (Å²) in [4.78, 5) is 0. The largest absolute Gasteiger partial charge is 1.00 e. The average Bonchev–Trinajstić information content (AvgIpc) is 1.30. The predicted octanol–water partition coefficient (Wildman–Crippen LogP) is -2.82. The van der Waals surface area contributed by atoms with Crippen molar-refractivity contribution in [2.45, 2.75) is 0 Å². The van der Waals surface area contributed by atoms with Crippen LogP contribution in [0.25, 0.3) is 0 Å². The molecule has 0 saturated heterocycles. The van der Waals surface area contributed by atoms with Gasteiger partial charge < -0.3 is 12.4 Å². The fraction of sp³-hybridized carbons (Fsp3) is 1.00. The van der Waals surface area contributed by atoms with Crippen LogP contribution in [0.3, 0.4) is 0 Å². The summed E-state index contributed by atoms with van der Waals surface area (Å²) in [6, 6.07) is 0. The Bertz CT molecular complexity index is 50.5. The van der Waals surface area contributed by atoms with Crippen LogP contribution in [0.15, 0.2) is 0 Å². The molecule has 2 nitrogen and oxygen atoms in total. The van der Waals surface area contributed by atoms with E-state index in [1.54, 1.807) is 0 Å². The van der Waals surface area contributed by atoms with E-state index in [0.29, 0.717) is 10.5 Å². The molecule has 0 bridgehead atoms. The highest BCUT2D eigenvalue weighted by molar-refractivity contribution is 6.17. The van der Waals surface area contributed by atoms with Gasteiger partial charge in [0.2, 0.25) is 0 Å². The lowest BCUT2D eigenvalue weighted by Crippen LogP contribution is -3.00. The maximum absolute atomic E-state index is 5.50. The number of rotatable bonds is 2. The van der Waals surface area contributed by atoms with Crippen molar-refractivity contribution in [3.63, 3.8) is 0 Å². The van der Waals surface area contributed by atoms with Gasteiger partial charge in [-0.15, -0.1) is 11.6 Å². The van der Waals surface area contributed by atoms with Crippen molar-refractivity contribution in [2.75, 3.05) is 26.5 Å². The molecule has 0 atom stereocenters. The summed E-state index contributed by atoms with van der Waals surface area (Å²) in [5.74, 6) is 6.13. The Morgan fingerprint density at radius 3 is 1.88 bits per heavy atom. The van der Waals surface area contributed by atoms with E-state index in [1.165, 1.54) is 0 Å². The molecule has 52 valence electrons. The van der Waals surface area contributed by atoms with Crippen molar-refractivity contribution in [3.05, 3.63) is 0 Å². The van der Waals surface area contributed by atoms with Crippen molar-refractivity contribution in [1.29, 1.82) is 0 Å². The standard InChI is InChI=1S/C4H12ClN2.ClH/c1-7(2,6)4-3-5;/h3-4,6H2,1-2H3;1H/q+1;/p-1. The van der Waals surface area contributed by atoms with Crippen LogP contribution in [0, 0.1) is 0 Å². The summed E-state index contributed by atoms with van der Waals surface area (Å²) >= 11 is 5.39. The van der Waals surface area contributed by atoms with Gasteiger partial charge in [0.25, 0.3) is 0 Å². The summed E-state index contributed by atoms with van der Waals surface area (Å²) in [6.45, 7) is 0.821. The molecule has 8 heavy (non-hydrogen) atoms. The highest BCUT2D eigenvalue weighted by atomic mass is 35.5. The van der Waals surface area contributed by atoms with Gasteiger partial charge in [-0.25, -0.2) is 0 Å². The minimum Gasteiger partial charge on any atom is -1.00 e. The van der Waals surface area contributed by atoms with Gasteiger partial charge in [0.15, 0.2) is 0 Å². The first-order chi connectivity index (χ1) is 3.06. The molecule has 0 aliphatic carbocycles. The highest BCUT2D eigenvalue weighted by Crippen LogP contribution is 1.84. The van der Waals surface area contributed by atoms with Crippen LogP contribution in [0.4, 0.5) is 0 Å². The van der Waals surface area contributed by atoms with Crippen LogP contribution in [0.5, 0.6) is 0 Å². The van der Waals surface area contributed by atoms with Crippen LogP contribution >= 0.6 is 11.6 Å². The molecule has 0 rings (SSSR count). The Morgan fingerprint density at radius 1 is 1.50 bits per heavy atom. The maximum Gasteiger partial charge on any atom is 0.109 e. The summed E-state index contributed by atoms with van der Waals surface area (Å²) in [6.07, 6.45) is 0. The zero-order chi connectivity index (χ0) is 5.91. The number of quaternary nitrogens is 1. The number of nitrogens with zero attached hydrogens (tertiary/aromatic N) is 1. The molecule has 2 N–H and O–H groups in total. The van der Waals surface area contributed by atoms with Gasteiger partial charge in [0, 0.05) is 0 Å². The molecular formula is C4H12Cl2N2.